The summed E-state index contributed by atoms with van der Waals surface area (Å²) in [5.41, 5.74) is 2.14. The molecule has 1 aliphatic carbocycles. The standard InChI is InChI=1S/C18H22N2O2S/c21-12-13(10-14-4-1-2-8-19-14)11-20-18(22)16-5-3-6-17-15(16)7-9-23-17/h1-2,4,7-9,13,16,21H,3,5-6,10-12H2,(H,20,22). The summed E-state index contributed by atoms with van der Waals surface area (Å²) in [5, 5.41) is 14.7. The van der Waals surface area contributed by atoms with Crippen molar-refractivity contribution in [2.45, 2.75) is 31.6 Å². The van der Waals surface area contributed by atoms with Crippen LogP contribution >= 0.6 is 11.3 Å². The third-order valence-corrected chi connectivity index (χ3v) is 5.41. The zero-order valence-electron chi connectivity index (χ0n) is 13.1. The van der Waals surface area contributed by atoms with Crippen molar-refractivity contribution in [3.63, 3.8) is 0 Å². The van der Waals surface area contributed by atoms with E-state index in [9.17, 15) is 9.90 Å². The summed E-state index contributed by atoms with van der Waals surface area (Å²) in [6, 6.07) is 7.85. The molecule has 0 aromatic carbocycles. The highest BCUT2D eigenvalue weighted by Crippen LogP contribution is 2.34. The lowest BCUT2D eigenvalue weighted by Crippen LogP contribution is -2.36. The van der Waals surface area contributed by atoms with Crippen molar-refractivity contribution in [1.29, 1.82) is 0 Å². The molecule has 1 aliphatic rings. The SMILES string of the molecule is O=C(NCC(CO)Cc1ccccn1)C1CCCc2sccc21. The lowest BCUT2D eigenvalue weighted by molar-refractivity contribution is -0.123. The molecule has 2 N–H and O–H groups in total. The second kappa shape index (κ2) is 7.70. The molecule has 2 heterocycles. The predicted molar refractivity (Wildman–Crippen MR) is 91.5 cm³/mol. The van der Waals surface area contributed by atoms with Crippen LogP contribution in [0.3, 0.4) is 0 Å². The number of aromatic nitrogens is 1. The molecule has 2 atom stereocenters. The summed E-state index contributed by atoms with van der Waals surface area (Å²) in [7, 11) is 0. The Balaban J connectivity index is 1.56. The van der Waals surface area contributed by atoms with Crippen molar-refractivity contribution in [2.24, 2.45) is 5.92 Å². The van der Waals surface area contributed by atoms with E-state index in [1.54, 1.807) is 17.5 Å². The predicted octanol–water partition coefficient (Wildman–Crippen LogP) is 2.53. The zero-order chi connectivity index (χ0) is 16.1. The molecule has 3 rings (SSSR count). The van der Waals surface area contributed by atoms with Crippen LogP contribution in [0.25, 0.3) is 0 Å². The molecule has 5 heteroatoms. The van der Waals surface area contributed by atoms with Crippen LogP contribution in [0.15, 0.2) is 35.8 Å². The first-order chi connectivity index (χ1) is 11.3. The normalized spacial score (nSPS) is 18.2. The fraction of sp³-hybridized carbons (Fsp3) is 0.444. The van der Waals surface area contributed by atoms with Gasteiger partial charge in [-0.1, -0.05) is 6.07 Å². The van der Waals surface area contributed by atoms with Gasteiger partial charge in [0, 0.05) is 35.8 Å². The lowest BCUT2D eigenvalue weighted by atomic mass is 9.87. The second-order valence-electron chi connectivity index (χ2n) is 6.06. The fourth-order valence-corrected chi connectivity index (χ4v) is 4.13. The highest BCUT2D eigenvalue weighted by Gasteiger charge is 2.27. The van der Waals surface area contributed by atoms with E-state index in [0.717, 1.165) is 25.0 Å². The van der Waals surface area contributed by atoms with Gasteiger partial charge in [0.2, 0.25) is 5.91 Å². The molecule has 2 unspecified atom stereocenters. The zero-order valence-corrected chi connectivity index (χ0v) is 13.9. The molecular formula is C18H22N2O2S. The van der Waals surface area contributed by atoms with Gasteiger partial charge in [-0.05, 0) is 54.8 Å². The highest BCUT2D eigenvalue weighted by molar-refractivity contribution is 7.10. The van der Waals surface area contributed by atoms with Crippen LogP contribution in [0.5, 0.6) is 0 Å². The average Bonchev–Trinajstić information content (AvgIpc) is 3.07. The van der Waals surface area contributed by atoms with Crippen LogP contribution in [-0.4, -0.2) is 29.1 Å². The minimum absolute atomic E-state index is 0.000569. The molecule has 122 valence electrons. The maximum absolute atomic E-state index is 12.5. The third kappa shape index (κ3) is 3.98. The minimum atomic E-state index is -0.0285. The molecule has 23 heavy (non-hydrogen) atoms. The van der Waals surface area contributed by atoms with Crippen molar-refractivity contribution in [3.8, 4) is 0 Å². The van der Waals surface area contributed by atoms with E-state index in [1.165, 1.54) is 10.4 Å². The Morgan fingerprint density at radius 2 is 2.35 bits per heavy atom. The van der Waals surface area contributed by atoms with E-state index in [4.69, 9.17) is 0 Å². The van der Waals surface area contributed by atoms with Gasteiger partial charge < -0.3 is 10.4 Å². The van der Waals surface area contributed by atoms with Gasteiger partial charge in [0.15, 0.2) is 0 Å². The van der Waals surface area contributed by atoms with E-state index in [-0.39, 0.29) is 24.3 Å². The molecule has 2 aromatic rings. The molecular weight excluding hydrogens is 308 g/mol. The molecule has 0 spiro atoms. The molecule has 1 amide bonds. The number of nitrogens with zero attached hydrogens (tertiary/aromatic N) is 1. The van der Waals surface area contributed by atoms with Crippen LogP contribution in [0, 0.1) is 5.92 Å². The summed E-state index contributed by atoms with van der Waals surface area (Å²) >= 11 is 1.75. The van der Waals surface area contributed by atoms with Crippen LogP contribution in [0.2, 0.25) is 0 Å². The number of amides is 1. The van der Waals surface area contributed by atoms with Crippen LogP contribution in [-0.2, 0) is 17.6 Å². The summed E-state index contributed by atoms with van der Waals surface area (Å²) in [6.07, 6.45) is 5.51. The van der Waals surface area contributed by atoms with Gasteiger partial charge in [0.1, 0.15) is 0 Å². The number of carbonyl (C=O) groups is 1. The number of thiophene rings is 1. The Morgan fingerprint density at radius 3 is 3.13 bits per heavy atom. The smallest absolute Gasteiger partial charge is 0.227 e. The molecule has 0 saturated heterocycles. The molecule has 2 aromatic heterocycles. The fourth-order valence-electron chi connectivity index (χ4n) is 3.14. The second-order valence-corrected chi connectivity index (χ2v) is 7.06. The monoisotopic (exact) mass is 330 g/mol. The number of fused-ring (bicyclic) bond motifs is 1. The van der Waals surface area contributed by atoms with E-state index >= 15 is 0 Å². The van der Waals surface area contributed by atoms with Crippen LogP contribution in [0.4, 0.5) is 0 Å². The molecule has 0 radical (unpaired) electrons. The number of nitrogens with one attached hydrogen (secondary N) is 1. The van der Waals surface area contributed by atoms with E-state index in [0.29, 0.717) is 13.0 Å². The van der Waals surface area contributed by atoms with E-state index in [2.05, 4.69) is 21.7 Å². The number of hydrogen-bond donors (Lipinski definition) is 2. The van der Waals surface area contributed by atoms with Gasteiger partial charge in [-0.3, -0.25) is 9.78 Å². The first-order valence-electron chi connectivity index (χ1n) is 8.12. The summed E-state index contributed by atoms with van der Waals surface area (Å²) < 4.78 is 0. The number of aliphatic hydroxyl groups is 1. The number of aliphatic hydroxyl groups excluding tert-OH is 1. The van der Waals surface area contributed by atoms with Crippen molar-refractivity contribution in [3.05, 3.63) is 52.0 Å². The Bertz CT molecular complexity index is 641. The molecule has 4 nitrogen and oxygen atoms in total. The summed E-state index contributed by atoms with van der Waals surface area (Å²) in [4.78, 5) is 18.2. The van der Waals surface area contributed by atoms with Gasteiger partial charge in [-0.15, -0.1) is 11.3 Å². The number of carbonyl (C=O) groups excluding carboxylic acids is 1. The van der Waals surface area contributed by atoms with Crippen LogP contribution < -0.4 is 5.32 Å². The largest absolute Gasteiger partial charge is 0.396 e. The minimum Gasteiger partial charge on any atom is -0.396 e. The summed E-state index contributed by atoms with van der Waals surface area (Å²) in [6.45, 7) is 0.535. The van der Waals surface area contributed by atoms with Crippen LogP contribution in [0.1, 0.15) is 34.9 Å². The Morgan fingerprint density at radius 1 is 1.43 bits per heavy atom. The number of pyridine rings is 1. The average molecular weight is 330 g/mol. The highest BCUT2D eigenvalue weighted by atomic mass is 32.1. The maximum Gasteiger partial charge on any atom is 0.227 e. The quantitative estimate of drug-likeness (QED) is 0.855. The number of aryl methyl sites for hydroxylation is 1. The van der Waals surface area contributed by atoms with Gasteiger partial charge in [-0.25, -0.2) is 0 Å². The Hall–Kier alpha value is -1.72. The van der Waals surface area contributed by atoms with Crippen molar-refractivity contribution >= 4 is 17.2 Å². The van der Waals surface area contributed by atoms with Crippen molar-refractivity contribution in [2.75, 3.05) is 13.2 Å². The third-order valence-electron chi connectivity index (χ3n) is 4.42. The van der Waals surface area contributed by atoms with E-state index < -0.39 is 0 Å². The van der Waals surface area contributed by atoms with Gasteiger partial charge >= 0.3 is 0 Å². The first-order valence-corrected chi connectivity index (χ1v) is 9.00. The molecule has 0 saturated carbocycles. The Kier molecular flexibility index (Phi) is 5.41. The maximum atomic E-state index is 12.5. The molecule has 0 aliphatic heterocycles. The lowest BCUT2D eigenvalue weighted by Gasteiger charge is -2.23. The molecule has 0 fully saturated rings. The topological polar surface area (TPSA) is 62.2 Å². The number of rotatable bonds is 6. The van der Waals surface area contributed by atoms with E-state index in [1.807, 2.05) is 18.2 Å². The van der Waals surface area contributed by atoms with Gasteiger partial charge in [0.05, 0.1) is 5.92 Å². The first kappa shape index (κ1) is 16.1. The van der Waals surface area contributed by atoms with Gasteiger partial charge in [0.25, 0.3) is 0 Å². The van der Waals surface area contributed by atoms with Gasteiger partial charge in [-0.2, -0.15) is 0 Å². The van der Waals surface area contributed by atoms with Crippen molar-refractivity contribution in [1.82, 2.24) is 10.3 Å². The van der Waals surface area contributed by atoms with Crippen molar-refractivity contribution < 1.29 is 9.90 Å². The number of hydrogen-bond acceptors (Lipinski definition) is 4. The Labute approximate surface area is 140 Å². The molecule has 0 bridgehead atoms. The summed E-state index contributed by atoms with van der Waals surface area (Å²) in [5.74, 6) is 0.0578.